The molecule has 0 unspecified atom stereocenters. The number of nitrogens with zero attached hydrogens (tertiary/aromatic N) is 1. The first-order valence-electron chi connectivity index (χ1n) is 4.89. The Morgan fingerprint density at radius 2 is 2.20 bits per heavy atom. The highest BCUT2D eigenvalue weighted by Gasteiger charge is 2.29. The Morgan fingerprint density at radius 3 is 2.80 bits per heavy atom. The van der Waals surface area contributed by atoms with Gasteiger partial charge in [-0.1, -0.05) is 6.07 Å². The van der Waals surface area contributed by atoms with Crippen LogP contribution in [0.15, 0.2) is 18.2 Å². The fourth-order valence-electron chi connectivity index (χ4n) is 1.67. The molecule has 2 rings (SSSR count). The predicted molar refractivity (Wildman–Crippen MR) is 55.0 cm³/mol. The van der Waals surface area contributed by atoms with Gasteiger partial charge in [0.1, 0.15) is 5.82 Å². The van der Waals surface area contributed by atoms with E-state index in [0.29, 0.717) is 18.7 Å². The third-order valence-corrected chi connectivity index (χ3v) is 2.63. The highest BCUT2D eigenvalue weighted by Crippen LogP contribution is 2.16. The molecule has 4 heteroatoms. The van der Waals surface area contributed by atoms with E-state index in [2.05, 4.69) is 0 Å². The predicted octanol–water partition coefficient (Wildman–Crippen LogP) is 0.917. The lowest BCUT2D eigenvalue weighted by atomic mass is 10.0. The molecule has 0 atom stereocenters. The van der Waals surface area contributed by atoms with Gasteiger partial charge in [-0.2, -0.15) is 0 Å². The second-order valence-corrected chi connectivity index (χ2v) is 3.93. The van der Waals surface area contributed by atoms with Gasteiger partial charge in [0.25, 0.3) is 5.91 Å². The molecule has 1 aliphatic rings. The van der Waals surface area contributed by atoms with E-state index in [4.69, 9.17) is 5.73 Å². The van der Waals surface area contributed by atoms with Gasteiger partial charge in [-0.05, 0) is 24.6 Å². The number of hydrogen-bond donors (Lipinski definition) is 1. The molecule has 0 spiro atoms. The van der Waals surface area contributed by atoms with E-state index in [9.17, 15) is 9.18 Å². The Hall–Kier alpha value is -1.42. The summed E-state index contributed by atoms with van der Waals surface area (Å²) >= 11 is 0. The molecular formula is C11H13FN2O. The Bertz CT molecular complexity index is 400. The molecule has 1 aromatic rings. The third-order valence-electron chi connectivity index (χ3n) is 2.63. The van der Waals surface area contributed by atoms with Crippen LogP contribution in [0, 0.1) is 12.7 Å². The molecule has 0 radical (unpaired) electrons. The van der Waals surface area contributed by atoms with Gasteiger partial charge in [-0.3, -0.25) is 4.79 Å². The number of aryl methyl sites for hydroxylation is 1. The molecular weight excluding hydrogens is 195 g/mol. The summed E-state index contributed by atoms with van der Waals surface area (Å²) in [6, 6.07) is 4.32. The highest BCUT2D eigenvalue weighted by molar-refractivity contribution is 5.96. The first kappa shape index (κ1) is 10.1. The maximum Gasteiger partial charge on any atom is 0.254 e. The van der Waals surface area contributed by atoms with Crippen LogP contribution < -0.4 is 5.73 Å². The summed E-state index contributed by atoms with van der Waals surface area (Å²) in [5.74, 6) is -0.512. The number of rotatable bonds is 1. The van der Waals surface area contributed by atoms with E-state index in [1.165, 1.54) is 12.1 Å². The second-order valence-electron chi connectivity index (χ2n) is 3.93. The Morgan fingerprint density at radius 1 is 1.53 bits per heavy atom. The van der Waals surface area contributed by atoms with Gasteiger partial charge in [0, 0.05) is 24.7 Å². The fraction of sp³-hybridized carbons (Fsp3) is 0.364. The number of nitrogens with two attached hydrogens (primary N) is 1. The van der Waals surface area contributed by atoms with Crippen LogP contribution in [-0.2, 0) is 0 Å². The summed E-state index contributed by atoms with van der Waals surface area (Å²) in [6.45, 7) is 2.93. The maximum absolute atomic E-state index is 13.0. The Kier molecular flexibility index (Phi) is 2.44. The molecule has 1 aliphatic heterocycles. The molecule has 0 saturated carbocycles. The lowest BCUT2D eigenvalue weighted by molar-refractivity contribution is 0.0607. The van der Waals surface area contributed by atoms with Gasteiger partial charge in [-0.25, -0.2) is 4.39 Å². The minimum Gasteiger partial charge on any atom is -0.335 e. The first-order chi connectivity index (χ1) is 7.08. The van der Waals surface area contributed by atoms with Gasteiger partial charge < -0.3 is 10.6 Å². The van der Waals surface area contributed by atoms with E-state index in [1.807, 2.05) is 0 Å². The van der Waals surface area contributed by atoms with Crippen molar-refractivity contribution in [1.29, 1.82) is 0 Å². The molecule has 1 saturated heterocycles. The number of hydrogen-bond acceptors (Lipinski definition) is 2. The second kappa shape index (κ2) is 3.62. The third kappa shape index (κ3) is 1.85. The maximum atomic E-state index is 13.0. The van der Waals surface area contributed by atoms with E-state index in [-0.39, 0.29) is 17.8 Å². The Labute approximate surface area is 87.7 Å². The average Bonchev–Trinajstić information content (AvgIpc) is 2.16. The summed E-state index contributed by atoms with van der Waals surface area (Å²) in [5.41, 5.74) is 6.81. The summed E-state index contributed by atoms with van der Waals surface area (Å²) in [5, 5.41) is 0. The molecule has 0 aromatic heterocycles. The molecule has 80 valence electrons. The van der Waals surface area contributed by atoms with Gasteiger partial charge in [0.05, 0.1) is 0 Å². The van der Waals surface area contributed by atoms with Gasteiger partial charge in [-0.15, -0.1) is 0 Å². The lowest BCUT2D eigenvalue weighted by Gasteiger charge is -2.37. The quantitative estimate of drug-likeness (QED) is 0.745. The van der Waals surface area contributed by atoms with E-state index >= 15 is 0 Å². The molecule has 2 N–H and O–H groups in total. The molecule has 0 aliphatic carbocycles. The fourth-order valence-corrected chi connectivity index (χ4v) is 1.67. The Balaban J connectivity index is 2.22. The normalized spacial score (nSPS) is 16.3. The molecule has 1 aromatic carbocycles. The number of benzene rings is 1. The van der Waals surface area contributed by atoms with Crippen molar-refractivity contribution in [2.45, 2.75) is 13.0 Å². The first-order valence-corrected chi connectivity index (χ1v) is 4.89. The van der Waals surface area contributed by atoms with Gasteiger partial charge in [0.15, 0.2) is 0 Å². The van der Waals surface area contributed by atoms with Crippen LogP contribution in [0.1, 0.15) is 15.9 Å². The zero-order valence-electron chi connectivity index (χ0n) is 8.53. The van der Waals surface area contributed by atoms with E-state index in [1.54, 1.807) is 17.9 Å². The molecule has 1 fully saturated rings. The summed E-state index contributed by atoms with van der Waals surface area (Å²) < 4.78 is 13.0. The van der Waals surface area contributed by atoms with Crippen LogP contribution in [0.2, 0.25) is 0 Å². The molecule has 1 heterocycles. The van der Waals surface area contributed by atoms with Crippen LogP contribution in [0.3, 0.4) is 0 Å². The standard InChI is InChI=1S/C11H13FN2O/c1-7-2-3-8(12)4-10(7)11(15)14-5-9(13)6-14/h2-4,9H,5-6,13H2,1H3. The topological polar surface area (TPSA) is 46.3 Å². The minimum atomic E-state index is -0.381. The molecule has 15 heavy (non-hydrogen) atoms. The molecule has 0 bridgehead atoms. The van der Waals surface area contributed by atoms with Crippen molar-refractivity contribution < 1.29 is 9.18 Å². The number of carbonyl (C=O) groups excluding carboxylic acids is 1. The van der Waals surface area contributed by atoms with Crippen LogP contribution in [0.4, 0.5) is 4.39 Å². The lowest BCUT2D eigenvalue weighted by Crippen LogP contribution is -2.57. The van der Waals surface area contributed by atoms with Crippen molar-refractivity contribution in [3.05, 3.63) is 35.1 Å². The largest absolute Gasteiger partial charge is 0.335 e. The number of carbonyl (C=O) groups is 1. The van der Waals surface area contributed by atoms with Crippen molar-refractivity contribution >= 4 is 5.91 Å². The van der Waals surface area contributed by atoms with Gasteiger partial charge >= 0.3 is 0 Å². The number of halogens is 1. The van der Waals surface area contributed by atoms with Crippen LogP contribution in [0.5, 0.6) is 0 Å². The van der Waals surface area contributed by atoms with Crippen molar-refractivity contribution in [3.8, 4) is 0 Å². The zero-order valence-corrected chi connectivity index (χ0v) is 8.53. The zero-order chi connectivity index (χ0) is 11.0. The van der Waals surface area contributed by atoms with Crippen molar-refractivity contribution in [1.82, 2.24) is 4.90 Å². The average molecular weight is 208 g/mol. The summed E-state index contributed by atoms with van der Waals surface area (Å²) in [6.07, 6.45) is 0. The van der Waals surface area contributed by atoms with E-state index < -0.39 is 0 Å². The van der Waals surface area contributed by atoms with Crippen molar-refractivity contribution in [2.24, 2.45) is 5.73 Å². The highest BCUT2D eigenvalue weighted by atomic mass is 19.1. The number of likely N-dealkylation sites (tertiary alicyclic amines) is 1. The molecule has 1 amide bonds. The SMILES string of the molecule is Cc1ccc(F)cc1C(=O)N1CC(N)C1. The van der Waals surface area contributed by atoms with Crippen LogP contribution in [-0.4, -0.2) is 29.9 Å². The van der Waals surface area contributed by atoms with Crippen LogP contribution >= 0.6 is 0 Å². The molecule has 3 nitrogen and oxygen atoms in total. The number of amides is 1. The monoisotopic (exact) mass is 208 g/mol. The van der Waals surface area contributed by atoms with E-state index in [0.717, 1.165) is 5.56 Å². The summed E-state index contributed by atoms with van der Waals surface area (Å²) in [4.78, 5) is 13.5. The minimum absolute atomic E-state index is 0.0721. The van der Waals surface area contributed by atoms with Crippen LogP contribution in [0.25, 0.3) is 0 Å². The summed E-state index contributed by atoms with van der Waals surface area (Å²) in [7, 11) is 0. The smallest absolute Gasteiger partial charge is 0.254 e. The van der Waals surface area contributed by atoms with Crippen molar-refractivity contribution in [3.63, 3.8) is 0 Å². The van der Waals surface area contributed by atoms with Gasteiger partial charge in [0.2, 0.25) is 0 Å². The van der Waals surface area contributed by atoms with Crippen molar-refractivity contribution in [2.75, 3.05) is 13.1 Å².